The predicted octanol–water partition coefficient (Wildman–Crippen LogP) is 2.60. The first-order valence-electron chi connectivity index (χ1n) is 9.66. The topological polar surface area (TPSA) is 124 Å². The Hall–Kier alpha value is -3.32. The monoisotopic (exact) mass is 392 g/mol. The molecule has 0 radical (unpaired) electrons. The minimum atomic E-state index is -0.873. The molecule has 150 valence electrons. The van der Waals surface area contributed by atoms with Gasteiger partial charge in [-0.15, -0.1) is 0 Å². The molecule has 2 aromatic carbocycles. The van der Waals surface area contributed by atoms with Crippen LogP contribution in [-0.4, -0.2) is 41.1 Å². The van der Waals surface area contributed by atoms with Crippen LogP contribution in [0.2, 0.25) is 0 Å². The maximum atomic E-state index is 11.9. The number of fused-ring (bicyclic) bond motifs is 1. The molecule has 7 heteroatoms. The van der Waals surface area contributed by atoms with Crippen LogP contribution in [0.25, 0.3) is 10.9 Å². The molecule has 3 aromatic rings. The van der Waals surface area contributed by atoms with E-state index in [1.54, 1.807) is 12.1 Å². The lowest BCUT2D eigenvalue weighted by molar-refractivity contribution is -0.138. The number of aromatic nitrogens is 1. The molecule has 2 atom stereocenters. The molecule has 2 heterocycles. The van der Waals surface area contributed by atoms with Crippen molar-refractivity contribution >= 4 is 22.7 Å². The van der Waals surface area contributed by atoms with Crippen LogP contribution < -0.4 is 15.8 Å². The predicted molar refractivity (Wildman–Crippen MR) is 112 cm³/mol. The largest absolute Gasteiger partial charge is 0.489 e. The van der Waals surface area contributed by atoms with Crippen LogP contribution in [0.1, 0.15) is 29.2 Å². The summed E-state index contributed by atoms with van der Waals surface area (Å²) < 4.78 is 5.92. The lowest BCUT2D eigenvalue weighted by Crippen LogP contribution is -2.19. The highest BCUT2D eigenvalue weighted by Crippen LogP contribution is 2.26. The van der Waals surface area contributed by atoms with Gasteiger partial charge >= 0.3 is 5.97 Å². The number of nitrogens with one attached hydrogen (secondary N) is 3. The van der Waals surface area contributed by atoms with Crippen molar-refractivity contribution in [3.63, 3.8) is 0 Å². The number of nitrogens with two attached hydrogens (primary N) is 1. The van der Waals surface area contributed by atoms with Gasteiger partial charge in [0.1, 0.15) is 17.7 Å². The first-order chi connectivity index (χ1) is 14.0. The Morgan fingerprint density at radius 1 is 1.24 bits per heavy atom. The smallest absolute Gasteiger partial charge is 0.311 e. The van der Waals surface area contributed by atoms with Crippen molar-refractivity contribution in [1.82, 2.24) is 10.3 Å². The van der Waals surface area contributed by atoms with Crippen LogP contribution in [0.15, 0.2) is 48.5 Å². The molecular formula is C22H24N4O3. The summed E-state index contributed by atoms with van der Waals surface area (Å²) in [5, 5.41) is 21.6. The Labute approximate surface area is 168 Å². The molecule has 1 aromatic heterocycles. The molecule has 1 aliphatic heterocycles. The zero-order valence-corrected chi connectivity index (χ0v) is 15.9. The number of aliphatic carboxylic acids is 1. The second-order valence-electron chi connectivity index (χ2n) is 7.41. The molecule has 0 bridgehead atoms. The normalized spacial score (nSPS) is 17.3. The second-order valence-corrected chi connectivity index (χ2v) is 7.41. The number of ether oxygens (including phenoxy) is 1. The van der Waals surface area contributed by atoms with Gasteiger partial charge in [-0.05, 0) is 48.2 Å². The number of hydrogen-bond donors (Lipinski definition) is 5. The van der Waals surface area contributed by atoms with Crippen LogP contribution in [0.3, 0.4) is 0 Å². The zero-order valence-electron chi connectivity index (χ0n) is 15.9. The van der Waals surface area contributed by atoms with E-state index in [1.165, 1.54) is 0 Å². The van der Waals surface area contributed by atoms with E-state index in [-0.39, 0.29) is 11.9 Å². The number of hydrogen-bond acceptors (Lipinski definition) is 4. The van der Waals surface area contributed by atoms with E-state index in [9.17, 15) is 9.90 Å². The number of carboxylic acid groups (broad SMARTS) is 1. The van der Waals surface area contributed by atoms with Gasteiger partial charge in [0.05, 0.1) is 5.92 Å². The summed E-state index contributed by atoms with van der Waals surface area (Å²) in [6.07, 6.45) is 1.49. The highest BCUT2D eigenvalue weighted by atomic mass is 16.5. The molecule has 1 fully saturated rings. The van der Waals surface area contributed by atoms with E-state index in [1.807, 2.05) is 36.4 Å². The molecule has 4 rings (SSSR count). The van der Waals surface area contributed by atoms with Crippen LogP contribution in [-0.2, 0) is 11.2 Å². The fourth-order valence-corrected chi connectivity index (χ4v) is 3.73. The summed E-state index contributed by atoms with van der Waals surface area (Å²) >= 11 is 0. The minimum absolute atomic E-state index is 0.00200. The highest BCUT2D eigenvalue weighted by Gasteiger charge is 2.22. The van der Waals surface area contributed by atoms with Gasteiger partial charge in [-0.3, -0.25) is 10.2 Å². The third-order valence-corrected chi connectivity index (χ3v) is 5.31. The van der Waals surface area contributed by atoms with Gasteiger partial charge in [-0.25, -0.2) is 0 Å². The van der Waals surface area contributed by atoms with E-state index in [0.29, 0.717) is 12.0 Å². The summed E-state index contributed by atoms with van der Waals surface area (Å²) in [6.45, 7) is 1.80. The van der Waals surface area contributed by atoms with Gasteiger partial charge < -0.3 is 25.9 Å². The number of amidine groups is 1. The van der Waals surface area contributed by atoms with E-state index >= 15 is 0 Å². The number of aromatic amines is 1. The van der Waals surface area contributed by atoms with E-state index in [4.69, 9.17) is 15.9 Å². The third kappa shape index (κ3) is 4.25. The average Bonchev–Trinajstić information content (AvgIpc) is 3.35. The van der Waals surface area contributed by atoms with Gasteiger partial charge in [0.2, 0.25) is 0 Å². The molecule has 1 saturated heterocycles. The first-order valence-corrected chi connectivity index (χ1v) is 9.66. The van der Waals surface area contributed by atoms with Crippen LogP contribution in [0, 0.1) is 5.41 Å². The number of carbonyl (C=O) groups is 1. The summed E-state index contributed by atoms with van der Waals surface area (Å²) in [6, 6.07) is 14.8. The van der Waals surface area contributed by atoms with Gasteiger partial charge in [-0.1, -0.05) is 24.3 Å². The summed E-state index contributed by atoms with van der Waals surface area (Å²) in [7, 11) is 0. The molecule has 0 saturated carbocycles. The van der Waals surface area contributed by atoms with Crippen LogP contribution in [0.4, 0.5) is 0 Å². The standard InChI is InChI=1S/C22H24N4O3/c23-21(24)15-2-1-14-9-16(26-20(14)10-15)11-19(22(27)28)13-3-5-17(6-4-13)29-18-7-8-25-12-18/h1-6,9-10,18-19,25-26H,7-8,11-12H2,(H3,23,24)(H,27,28)/t18-,19?/m1/s1. The van der Waals surface area contributed by atoms with Gasteiger partial charge in [0.25, 0.3) is 0 Å². The number of benzene rings is 2. The maximum Gasteiger partial charge on any atom is 0.311 e. The van der Waals surface area contributed by atoms with Gasteiger partial charge in [-0.2, -0.15) is 0 Å². The fraction of sp³-hybridized carbons (Fsp3) is 0.273. The molecule has 0 aliphatic carbocycles. The molecule has 0 spiro atoms. The van der Waals surface area contributed by atoms with Crippen molar-refractivity contribution in [1.29, 1.82) is 5.41 Å². The average molecular weight is 392 g/mol. The lowest BCUT2D eigenvalue weighted by Gasteiger charge is -2.15. The van der Waals surface area contributed by atoms with Crippen molar-refractivity contribution < 1.29 is 14.6 Å². The molecule has 7 nitrogen and oxygen atoms in total. The van der Waals surface area contributed by atoms with Crippen molar-refractivity contribution in [2.75, 3.05) is 13.1 Å². The Balaban J connectivity index is 1.52. The summed E-state index contributed by atoms with van der Waals surface area (Å²) in [5.41, 5.74) is 8.58. The van der Waals surface area contributed by atoms with Crippen LogP contribution >= 0.6 is 0 Å². The van der Waals surface area contributed by atoms with Crippen molar-refractivity contribution in [3.05, 3.63) is 65.4 Å². The molecule has 29 heavy (non-hydrogen) atoms. The van der Waals surface area contributed by atoms with Crippen molar-refractivity contribution in [2.24, 2.45) is 5.73 Å². The Bertz CT molecular complexity index is 1040. The third-order valence-electron chi connectivity index (χ3n) is 5.31. The van der Waals surface area contributed by atoms with E-state index < -0.39 is 11.9 Å². The number of H-pyrrole nitrogens is 1. The number of carboxylic acids is 1. The Morgan fingerprint density at radius 3 is 2.69 bits per heavy atom. The lowest BCUT2D eigenvalue weighted by atomic mass is 9.94. The minimum Gasteiger partial charge on any atom is -0.489 e. The summed E-state index contributed by atoms with van der Waals surface area (Å²) in [5.74, 6) is -0.782. The van der Waals surface area contributed by atoms with E-state index in [0.717, 1.165) is 47.4 Å². The Kier molecular flexibility index (Phi) is 5.22. The maximum absolute atomic E-state index is 11.9. The fourth-order valence-electron chi connectivity index (χ4n) is 3.73. The molecule has 0 amide bonds. The SMILES string of the molecule is N=C(N)c1ccc2cc(CC(C(=O)O)c3ccc(O[C@@H]4CCNC4)cc3)[nH]c2c1. The van der Waals surface area contributed by atoms with Gasteiger partial charge in [0.15, 0.2) is 0 Å². The Morgan fingerprint density at radius 2 is 2.03 bits per heavy atom. The second kappa shape index (κ2) is 7.97. The molecule has 6 N–H and O–H groups in total. The first kappa shape index (κ1) is 19.0. The number of nitrogen functional groups attached to an aromatic ring is 1. The van der Waals surface area contributed by atoms with Crippen molar-refractivity contribution in [3.8, 4) is 5.75 Å². The van der Waals surface area contributed by atoms with E-state index in [2.05, 4.69) is 10.3 Å². The number of rotatable bonds is 7. The summed E-state index contributed by atoms with van der Waals surface area (Å²) in [4.78, 5) is 15.2. The molecule has 1 aliphatic rings. The zero-order chi connectivity index (χ0) is 20.4. The molecular weight excluding hydrogens is 368 g/mol. The van der Waals surface area contributed by atoms with Gasteiger partial charge in [0, 0.05) is 29.7 Å². The van der Waals surface area contributed by atoms with Crippen molar-refractivity contribution in [2.45, 2.75) is 24.9 Å². The quantitative estimate of drug-likeness (QED) is 0.312. The highest BCUT2D eigenvalue weighted by molar-refractivity contribution is 5.98. The molecule has 1 unspecified atom stereocenters. The van der Waals surface area contributed by atoms with Crippen LogP contribution in [0.5, 0.6) is 5.75 Å².